The molecule has 10 heteroatoms. The standard InChI is InChI=1S/C22H25N5O5/c1-12(2)18-19-20(26-25-18)21(29)24-16(23-19)10-13-6-3-4-8-15(13)32-11-17(28)27-9-5-7-14(27)22(30)31/h3-4,6,8,12,14H,5,7,9-11H2,1-2H3,(H,25,26)(H,30,31)(H,23,24,29). The molecular weight excluding hydrogens is 414 g/mol. The minimum atomic E-state index is -0.998. The van der Waals surface area contributed by atoms with E-state index in [1.807, 2.05) is 26.0 Å². The predicted octanol–water partition coefficient (Wildman–Crippen LogP) is 1.81. The third kappa shape index (κ3) is 4.20. The van der Waals surface area contributed by atoms with E-state index in [0.717, 1.165) is 11.3 Å². The number of rotatable bonds is 7. The Hall–Kier alpha value is -3.69. The van der Waals surface area contributed by atoms with Gasteiger partial charge in [0.25, 0.3) is 11.5 Å². The third-order valence-corrected chi connectivity index (χ3v) is 5.60. The third-order valence-electron chi connectivity index (χ3n) is 5.60. The molecule has 2 aromatic heterocycles. The normalized spacial score (nSPS) is 16.1. The van der Waals surface area contributed by atoms with Crippen LogP contribution in [0.25, 0.3) is 11.0 Å². The molecule has 1 aromatic carbocycles. The number of carboxylic acids is 1. The molecule has 1 aliphatic rings. The van der Waals surface area contributed by atoms with Gasteiger partial charge in [-0.3, -0.25) is 14.7 Å². The van der Waals surface area contributed by atoms with E-state index in [4.69, 9.17) is 4.74 Å². The lowest BCUT2D eigenvalue weighted by molar-refractivity contribution is -0.148. The average Bonchev–Trinajstić information content (AvgIpc) is 3.40. The van der Waals surface area contributed by atoms with E-state index < -0.39 is 12.0 Å². The fraction of sp³-hybridized carbons (Fsp3) is 0.409. The zero-order valence-corrected chi connectivity index (χ0v) is 17.9. The summed E-state index contributed by atoms with van der Waals surface area (Å²) < 4.78 is 5.75. The number of fused-ring (bicyclic) bond motifs is 1. The maximum Gasteiger partial charge on any atom is 0.326 e. The van der Waals surface area contributed by atoms with Crippen LogP contribution in [0.2, 0.25) is 0 Å². The fourth-order valence-electron chi connectivity index (χ4n) is 3.98. The SMILES string of the molecule is CC(C)c1[nH]nc2c(=O)[nH]c(Cc3ccccc3OCC(=O)N3CCCC3C(=O)O)nc12. The van der Waals surface area contributed by atoms with Crippen LogP contribution < -0.4 is 10.3 Å². The van der Waals surface area contributed by atoms with E-state index in [1.54, 1.807) is 12.1 Å². The first-order valence-electron chi connectivity index (χ1n) is 10.5. The molecule has 1 fully saturated rings. The second-order valence-electron chi connectivity index (χ2n) is 8.16. The van der Waals surface area contributed by atoms with Crippen molar-refractivity contribution in [2.75, 3.05) is 13.2 Å². The molecule has 0 saturated carbocycles. The molecule has 0 aliphatic carbocycles. The molecule has 168 valence electrons. The predicted molar refractivity (Wildman–Crippen MR) is 116 cm³/mol. The van der Waals surface area contributed by atoms with Crippen LogP contribution in [0.15, 0.2) is 29.1 Å². The van der Waals surface area contributed by atoms with Crippen LogP contribution in [0.3, 0.4) is 0 Å². The highest BCUT2D eigenvalue weighted by Gasteiger charge is 2.34. The summed E-state index contributed by atoms with van der Waals surface area (Å²) in [4.78, 5) is 45.0. The molecule has 1 atom stereocenters. The first-order valence-corrected chi connectivity index (χ1v) is 10.5. The molecule has 3 aromatic rings. The molecule has 3 heterocycles. The number of aromatic nitrogens is 4. The molecular formula is C22H25N5O5. The Labute approximate surface area is 183 Å². The molecule has 1 amide bonds. The van der Waals surface area contributed by atoms with Crippen molar-refractivity contribution in [1.29, 1.82) is 0 Å². The number of hydrogen-bond acceptors (Lipinski definition) is 6. The minimum Gasteiger partial charge on any atom is -0.483 e. The van der Waals surface area contributed by atoms with Crippen molar-refractivity contribution in [2.24, 2.45) is 0 Å². The molecule has 1 saturated heterocycles. The van der Waals surface area contributed by atoms with Crippen molar-refractivity contribution in [2.45, 2.75) is 45.1 Å². The lowest BCUT2D eigenvalue weighted by Gasteiger charge is -2.21. The number of hydrogen-bond donors (Lipinski definition) is 3. The van der Waals surface area contributed by atoms with E-state index in [-0.39, 0.29) is 29.5 Å². The Morgan fingerprint density at radius 2 is 2.06 bits per heavy atom. The number of nitrogens with zero attached hydrogens (tertiary/aromatic N) is 3. The highest BCUT2D eigenvalue weighted by molar-refractivity contribution is 5.85. The van der Waals surface area contributed by atoms with Crippen molar-refractivity contribution in [1.82, 2.24) is 25.1 Å². The molecule has 0 spiro atoms. The Balaban J connectivity index is 1.53. The van der Waals surface area contributed by atoms with Gasteiger partial charge in [0.05, 0.1) is 5.69 Å². The zero-order valence-electron chi connectivity index (χ0n) is 17.9. The maximum atomic E-state index is 12.5. The number of carbonyl (C=O) groups is 2. The van der Waals surface area contributed by atoms with E-state index in [0.29, 0.717) is 42.9 Å². The van der Waals surface area contributed by atoms with Crippen LogP contribution in [0.5, 0.6) is 5.75 Å². The summed E-state index contributed by atoms with van der Waals surface area (Å²) in [6, 6.07) is 6.38. The quantitative estimate of drug-likeness (QED) is 0.510. The summed E-state index contributed by atoms with van der Waals surface area (Å²) in [5.74, 6) is -0.298. The van der Waals surface area contributed by atoms with Crippen LogP contribution in [-0.2, 0) is 16.0 Å². The number of nitrogens with one attached hydrogen (secondary N) is 2. The smallest absolute Gasteiger partial charge is 0.326 e. The summed E-state index contributed by atoms with van der Waals surface area (Å²) in [6.07, 6.45) is 1.40. The van der Waals surface area contributed by atoms with Crippen LogP contribution in [-0.4, -0.2) is 61.2 Å². The fourth-order valence-corrected chi connectivity index (χ4v) is 3.98. The highest BCUT2D eigenvalue weighted by Crippen LogP contribution is 2.23. The first kappa shape index (κ1) is 21.5. The Morgan fingerprint density at radius 1 is 1.28 bits per heavy atom. The van der Waals surface area contributed by atoms with Crippen molar-refractivity contribution < 1.29 is 19.4 Å². The average molecular weight is 439 g/mol. The molecule has 0 radical (unpaired) electrons. The first-order chi connectivity index (χ1) is 15.3. The zero-order chi connectivity index (χ0) is 22.8. The summed E-state index contributed by atoms with van der Waals surface area (Å²) in [5, 5.41) is 16.2. The van der Waals surface area contributed by atoms with Crippen molar-refractivity contribution >= 4 is 22.9 Å². The molecule has 3 N–H and O–H groups in total. The summed E-state index contributed by atoms with van der Waals surface area (Å²) in [7, 11) is 0. The Kier molecular flexibility index (Phi) is 5.93. The van der Waals surface area contributed by atoms with Crippen LogP contribution in [0.4, 0.5) is 0 Å². The molecule has 1 unspecified atom stereocenters. The van der Waals surface area contributed by atoms with E-state index in [1.165, 1.54) is 4.90 Å². The topological polar surface area (TPSA) is 141 Å². The van der Waals surface area contributed by atoms with Gasteiger partial charge in [0.2, 0.25) is 0 Å². The lowest BCUT2D eigenvalue weighted by atomic mass is 10.1. The number of H-pyrrole nitrogens is 2. The van der Waals surface area contributed by atoms with Gasteiger partial charge in [-0.15, -0.1) is 0 Å². The Bertz CT molecular complexity index is 1210. The monoisotopic (exact) mass is 439 g/mol. The number of aliphatic carboxylic acids is 1. The molecule has 4 rings (SSSR count). The number of para-hydroxylation sites is 1. The number of amides is 1. The van der Waals surface area contributed by atoms with Crippen molar-refractivity contribution in [3.63, 3.8) is 0 Å². The molecule has 0 bridgehead atoms. The van der Waals surface area contributed by atoms with Gasteiger partial charge >= 0.3 is 5.97 Å². The van der Waals surface area contributed by atoms with Gasteiger partial charge in [-0.25, -0.2) is 9.78 Å². The van der Waals surface area contributed by atoms with Gasteiger partial charge in [-0.1, -0.05) is 32.0 Å². The lowest BCUT2D eigenvalue weighted by Crippen LogP contribution is -2.42. The van der Waals surface area contributed by atoms with Gasteiger partial charge in [-0.2, -0.15) is 5.10 Å². The number of carbonyl (C=O) groups excluding carboxylic acids is 1. The maximum absolute atomic E-state index is 12.5. The van der Waals surface area contributed by atoms with Gasteiger partial charge in [-0.05, 0) is 24.8 Å². The van der Waals surface area contributed by atoms with Gasteiger partial charge < -0.3 is 19.7 Å². The second kappa shape index (κ2) is 8.81. The van der Waals surface area contributed by atoms with Gasteiger partial charge in [0.1, 0.15) is 23.1 Å². The second-order valence-corrected chi connectivity index (χ2v) is 8.16. The number of likely N-dealkylation sites (tertiary alicyclic amines) is 1. The molecule has 1 aliphatic heterocycles. The van der Waals surface area contributed by atoms with Gasteiger partial charge in [0.15, 0.2) is 12.1 Å². The molecule has 32 heavy (non-hydrogen) atoms. The minimum absolute atomic E-state index is 0.129. The summed E-state index contributed by atoms with van der Waals surface area (Å²) in [5.41, 5.74) is 2.03. The van der Waals surface area contributed by atoms with Crippen LogP contribution >= 0.6 is 0 Å². The summed E-state index contributed by atoms with van der Waals surface area (Å²) in [6.45, 7) is 4.13. The number of aromatic amines is 2. The van der Waals surface area contributed by atoms with E-state index in [2.05, 4.69) is 20.2 Å². The molecule has 10 nitrogen and oxygen atoms in total. The largest absolute Gasteiger partial charge is 0.483 e. The highest BCUT2D eigenvalue weighted by atomic mass is 16.5. The van der Waals surface area contributed by atoms with Gasteiger partial charge in [0, 0.05) is 18.5 Å². The number of benzene rings is 1. The summed E-state index contributed by atoms with van der Waals surface area (Å²) >= 11 is 0. The Morgan fingerprint density at radius 3 is 2.81 bits per heavy atom. The van der Waals surface area contributed by atoms with Crippen molar-refractivity contribution in [3.05, 3.63) is 51.7 Å². The van der Waals surface area contributed by atoms with E-state index >= 15 is 0 Å². The number of carboxylic acid groups (broad SMARTS) is 1. The van der Waals surface area contributed by atoms with E-state index in [9.17, 15) is 19.5 Å². The van der Waals surface area contributed by atoms with Crippen LogP contribution in [0, 0.1) is 0 Å². The van der Waals surface area contributed by atoms with Crippen molar-refractivity contribution in [3.8, 4) is 5.75 Å². The number of ether oxygens (including phenoxy) is 1. The van der Waals surface area contributed by atoms with Crippen LogP contribution in [0.1, 0.15) is 49.7 Å².